The second kappa shape index (κ2) is 10.4. The van der Waals surface area contributed by atoms with E-state index in [1.54, 1.807) is 30.3 Å². The first kappa shape index (κ1) is 24.0. The lowest BCUT2D eigenvalue weighted by Crippen LogP contribution is -2.37. The summed E-state index contributed by atoms with van der Waals surface area (Å²) in [6.07, 6.45) is 2.39. The summed E-state index contributed by atoms with van der Waals surface area (Å²) in [5.74, 6) is -0.671. The van der Waals surface area contributed by atoms with E-state index in [9.17, 15) is 14.0 Å². The highest BCUT2D eigenvalue weighted by molar-refractivity contribution is 6.08. The highest BCUT2D eigenvalue weighted by Crippen LogP contribution is 2.37. The summed E-state index contributed by atoms with van der Waals surface area (Å²) >= 11 is 0. The first-order valence-electron chi connectivity index (χ1n) is 11.2. The van der Waals surface area contributed by atoms with Crippen LogP contribution in [0.1, 0.15) is 41.4 Å². The number of furan rings is 1. The Hall–Kier alpha value is -4.14. The van der Waals surface area contributed by atoms with Crippen molar-refractivity contribution in [2.45, 2.75) is 26.3 Å². The number of hydrazone groups is 1. The van der Waals surface area contributed by atoms with Crippen LogP contribution in [-0.2, 0) is 11.3 Å². The van der Waals surface area contributed by atoms with Gasteiger partial charge in [0.25, 0.3) is 5.91 Å². The zero-order chi connectivity index (χ0) is 24.9. The lowest BCUT2D eigenvalue weighted by Gasteiger charge is -2.30. The lowest BCUT2D eigenvalue weighted by atomic mass is 9.89. The summed E-state index contributed by atoms with van der Waals surface area (Å²) in [5, 5.41) is 8.83. The van der Waals surface area contributed by atoms with Crippen LogP contribution in [0.4, 0.5) is 10.1 Å². The van der Waals surface area contributed by atoms with Gasteiger partial charge >= 0.3 is 0 Å². The van der Waals surface area contributed by atoms with Crippen molar-refractivity contribution in [3.05, 3.63) is 77.5 Å². The van der Waals surface area contributed by atoms with E-state index in [0.717, 1.165) is 5.56 Å². The van der Waals surface area contributed by atoms with E-state index in [-0.39, 0.29) is 48.0 Å². The van der Waals surface area contributed by atoms with Crippen molar-refractivity contribution in [1.82, 2.24) is 5.01 Å². The molecule has 0 fully saturated rings. The number of hydrogen-bond acceptors (Lipinski definition) is 6. The Labute approximate surface area is 202 Å². The maximum Gasteiger partial charge on any atom is 0.291 e. The normalized spacial score (nSPS) is 15.5. The van der Waals surface area contributed by atoms with E-state index in [4.69, 9.17) is 13.9 Å². The summed E-state index contributed by atoms with van der Waals surface area (Å²) in [5.41, 5.74) is 2.66. The maximum atomic E-state index is 14.2. The molecule has 1 atom stereocenters. The molecule has 0 saturated heterocycles. The first-order chi connectivity index (χ1) is 16.9. The lowest BCUT2D eigenvalue weighted by molar-refractivity contribution is -0.133. The van der Waals surface area contributed by atoms with Gasteiger partial charge in [0.2, 0.25) is 5.91 Å². The molecule has 0 spiro atoms. The molecule has 0 bridgehead atoms. The van der Waals surface area contributed by atoms with Gasteiger partial charge in [0, 0.05) is 23.6 Å². The number of anilines is 1. The molecule has 35 heavy (non-hydrogen) atoms. The molecule has 0 radical (unpaired) electrons. The second-order valence-electron chi connectivity index (χ2n) is 8.04. The minimum absolute atomic E-state index is 0.00168. The highest BCUT2D eigenvalue weighted by atomic mass is 19.1. The zero-order valence-corrected chi connectivity index (χ0v) is 19.7. The molecule has 182 valence electrons. The Morgan fingerprint density at radius 3 is 2.51 bits per heavy atom. The van der Waals surface area contributed by atoms with Crippen LogP contribution in [0.25, 0.3) is 0 Å². The molecule has 1 aliphatic rings. The van der Waals surface area contributed by atoms with E-state index >= 15 is 0 Å². The fraction of sp³-hybridized carbons (Fsp3) is 0.269. The van der Waals surface area contributed by atoms with Gasteiger partial charge in [-0.3, -0.25) is 9.59 Å². The molecule has 8 nitrogen and oxygen atoms in total. The van der Waals surface area contributed by atoms with Crippen LogP contribution in [0.3, 0.4) is 0 Å². The molecule has 1 unspecified atom stereocenters. The van der Waals surface area contributed by atoms with E-state index in [1.807, 2.05) is 19.1 Å². The van der Waals surface area contributed by atoms with Gasteiger partial charge in [0.05, 0.1) is 32.7 Å². The standard InChI is InChI=1S/C26H26FN3O5/c1-4-17-14-22(31)30(29-23(17)19-11-12-20(27)25(34-3)24(19)33-2)15-16-7-9-18(10-8-16)28-26(32)21-6-5-13-35-21/h5-13,17H,4,14-15H2,1-3H3,(H,28,32). The van der Waals surface area contributed by atoms with Crippen molar-refractivity contribution < 1.29 is 27.9 Å². The Morgan fingerprint density at radius 2 is 1.89 bits per heavy atom. The van der Waals surface area contributed by atoms with Crippen molar-refractivity contribution in [2.75, 3.05) is 19.5 Å². The molecule has 4 rings (SSSR count). The van der Waals surface area contributed by atoms with Crippen LogP contribution in [0.15, 0.2) is 64.3 Å². The highest BCUT2D eigenvalue weighted by Gasteiger charge is 2.32. The molecule has 1 N–H and O–H groups in total. The van der Waals surface area contributed by atoms with Crippen molar-refractivity contribution in [3.63, 3.8) is 0 Å². The maximum absolute atomic E-state index is 14.2. The summed E-state index contributed by atoms with van der Waals surface area (Å²) in [6, 6.07) is 13.3. The summed E-state index contributed by atoms with van der Waals surface area (Å²) in [4.78, 5) is 25.0. The van der Waals surface area contributed by atoms with Gasteiger partial charge < -0.3 is 19.2 Å². The van der Waals surface area contributed by atoms with E-state index < -0.39 is 5.82 Å². The van der Waals surface area contributed by atoms with Gasteiger partial charge in [-0.05, 0) is 48.4 Å². The third-order valence-corrected chi connectivity index (χ3v) is 5.85. The molecule has 2 amide bonds. The average molecular weight is 480 g/mol. The fourth-order valence-electron chi connectivity index (χ4n) is 4.02. The number of amides is 2. The van der Waals surface area contributed by atoms with Gasteiger partial charge in [-0.1, -0.05) is 19.1 Å². The number of nitrogens with zero attached hydrogens (tertiary/aromatic N) is 2. The molecule has 9 heteroatoms. The Morgan fingerprint density at radius 1 is 1.14 bits per heavy atom. The SMILES string of the molecule is CCC1CC(=O)N(Cc2ccc(NC(=O)c3ccco3)cc2)N=C1c1ccc(F)c(OC)c1OC. The van der Waals surface area contributed by atoms with Gasteiger partial charge in [-0.2, -0.15) is 5.10 Å². The quantitative estimate of drug-likeness (QED) is 0.499. The number of rotatable bonds is 8. The molecule has 0 aliphatic carbocycles. The Balaban J connectivity index is 1.58. The average Bonchev–Trinajstić information content (AvgIpc) is 3.41. The van der Waals surface area contributed by atoms with Crippen LogP contribution in [0.2, 0.25) is 0 Å². The number of carbonyl (C=O) groups is 2. The number of carbonyl (C=O) groups excluding carboxylic acids is 2. The number of benzene rings is 2. The van der Waals surface area contributed by atoms with Crippen LogP contribution in [-0.4, -0.2) is 36.8 Å². The molecular formula is C26H26FN3O5. The van der Waals surface area contributed by atoms with E-state index in [0.29, 0.717) is 23.4 Å². The molecular weight excluding hydrogens is 453 g/mol. The van der Waals surface area contributed by atoms with Crippen molar-refractivity contribution >= 4 is 23.2 Å². The molecule has 1 aromatic heterocycles. The third-order valence-electron chi connectivity index (χ3n) is 5.85. The van der Waals surface area contributed by atoms with Crippen LogP contribution < -0.4 is 14.8 Å². The molecule has 0 saturated carbocycles. The molecule has 3 aromatic rings. The molecule has 2 heterocycles. The predicted octanol–water partition coefficient (Wildman–Crippen LogP) is 4.85. The largest absolute Gasteiger partial charge is 0.492 e. The van der Waals surface area contributed by atoms with Gasteiger partial charge in [-0.25, -0.2) is 9.40 Å². The van der Waals surface area contributed by atoms with Gasteiger partial charge in [0.1, 0.15) is 0 Å². The van der Waals surface area contributed by atoms with Crippen LogP contribution in [0.5, 0.6) is 11.5 Å². The van der Waals surface area contributed by atoms with Crippen molar-refractivity contribution in [3.8, 4) is 11.5 Å². The predicted molar refractivity (Wildman–Crippen MR) is 128 cm³/mol. The zero-order valence-electron chi connectivity index (χ0n) is 19.7. The second-order valence-corrected chi connectivity index (χ2v) is 8.04. The van der Waals surface area contributed by atoms with Crippen LogP contribution >= 0.6 is 0 Å². The molecule has 2 aromatic carbocycles. The number of nitrogens with one attached hydrogen (secondary N) is 1. The minimum Gasteiger partial charge on any atom is -0.492 e. The summed E-state index contributed by atoms with van der Waals surface area (Å²) in [7, 11) is 2.82. The Kier molecular flexibility index (Phi) is 7.14. The van der Waals surface area contributed by atoms with E-state index in [2.05, 4.69) is 10.4 Å². The Bertz CT molecular complexity index is 1240. The van der Waals surface area contributed by atoms with Gasteiger partial charge in [0.15, 0.2) is 23.1 Å². The topological polar surface area (TPSA) is 93.4 Å². The number of methoxy groups -OCH3 is 2. The van der Waals surface area contributed by atoms with E-state index in [1.165, 1.54) is 31.6 Å². The minimum atomic E-state index is -0.537. The summed E-state index contributed by atoms with van der Waals surface area (Å²) in [6.45, 7) is 2.22. The third kappa shape index (κ3) is 5.03. The summed E-state index contributed by atoms with van der Waals surface area (Å²) < 4.78 is 30.0. The number of hydrogen-bond donors (Lipinski definition) is 1. The first-order valence-corrected chi connectivity index (χ1v) is 11.2. The van der Waals surface area contributed by atoms with Crippen molar-refractivity contribution in [1.29, 1.82) is 0 Å². The fourth-order valence-corrected chi connectivity index (χ4v) is 4.02. The molecule has 1 aliphatic heterocycles. The van der Waals surface area contributed by atoms with Crippen LogP contribution in [0, 0.1) is 11.7 Å². The number of halogens is 1. The monoisotopic (exact) mass is 479 g/mol. The van der Waals surface area contributed by atoms with Crippen molar-refractivity contribution in [2.24, 2.45) is 11.0 Å². The van der Waals surface area contributed by atoms with Gasteiger partial charge in [-0.15, -0.1) is 0 Å². The smallest absolute Gasteiger partial charge is 0.291 e. The number of ether oxygens (including phenoxy) is 2.